The predicted molar refractivity (Wildman–Crippen MR) is 120 cm³/mol. The van der Waals surface area contributed by atoms with E-state index in [1.165, 1.54) is 34.6 Å². The summed E-state index contributed by atoms with van der Waals surface area (Å²) in [6, 6.07) is 7.93. The van der Waals surface area contributed by atoms with Crippen molar-refractivity contribution >= 4 is 15.9 Å². The van der Waals surface area contributed by atoms with Crippen LogP contribution in [0.2, 0.25) is 0 Å². The Bertz CT molecular complexity index is 1060. The van der Waals surface area contributed by atoms with Crippen molar-refractivity contribution in [3.8, 4) is 5.88 Å². The minimum Gasteiger partial charge on any atom is -0.474 e. The van der Waals surface area contributed by atoms with E-state index in [1.807, 2.05) is 0 Å². The molecule has 0 bridgehead atoms. The van der Waals surface area contributed by atoms with Gasteiger partial charge in [0.15, 0.2) is 0 Å². The van der Waals surface area contributed by atoms with Gasteiger partial charge in [0.2, 0.25) is 15.9 Å². The molecule has 1 fully saturated rings. The normalized spacial score (nSPS) is 19.1. The number of aromatic nitrogens is 1. The SMILES string of the molecule is CCN(CC)S(=O)(=O)c1ccc(C(=O)NC2CCC(Oc3ccc(C(F)(F)F)cn3)CC2)cc1. The summed E-state index contributed by atoms with van der Waals surface area (Å²) in [5, 5.41) is 2.95. The van der Waals surface area contributed by atoms with Gasteiger partial charge in [0.1, 0.15) is 6.10 Å². The smallest absolute Gasteiger partial charge is 0.417 e. The molecule has 2 aromatic rings. The summed E-state index contributed by atoms with van der Waals surface area (Å²) in [5.74, 6) is -0.152. The molecule has 7 nitrogen and oxygen atoms in total. The molecule has 1 heterocycles. The maximum atomic E-state index is 12.6. The summed E-state index contributed by atoms with van der Waals surface area (Å²) in [6.07, 6.45) is -1.36. The second kappa shape index (κ2) is 10.7. The predicted octanol–water partition coefficient (Wildman–Crippen LogP) is 4.25. The molecule has 0 aliphatic heterocycles. The number of amides is 1. The minimum absolute atomic E-state index is 0.0769. The van der Waals surface area contributed by atoms with Gasteiger partial charge in [0, 0.05) is 37.0 Å². The van der Waals surface area contributed by atoms with Crippen molar-refractivity contribution in [1.29, 1.82) is 0 Å². The van der Waals surface area contributed by atoms with Crippen LogP contribution in [0.15, 0.2) is 47.5 Å². The Morgan fingerprint density at radius 2 is 1.68 bits per heavy atom. The average molecular weight is 500 g/mol. The van der Waals surface area contributed by atoms with Gasteiger partial charge in [-0.3, -0.25) is 4.79 Å². The average Bonchev–Trinajstić information content (AvgIpc) is 2.81. The monoisotopic (exact) mass is 499 g/mol. The van der Waals surface area contributed by atoms with Gasteiger partial charge in [-0.1, -0.05) is 13.8 Å². The first-order valence-electron chi connectivity index (χ1n) is 11.2. The first-order chi connectivity index (χ1) is 16.0. The zero-order chi connectivity index (χ0) is 24.9. The van der Waals surface area contributed by atoms with Crippen LogP contribution in [0.5, 0.6) is 5.88 Å². The number of alkyl halides is 3. The van der Waals surface area contributed by atoms with Gasteiger partial charge >= 0.3 is 6.18 Å². The third-order valence-corrected chi connectivity index (χ3v) is 7.88. The lowest BCUT2D eigenvalue weighted by molar-refractivity contribution is -0.137. The van der Waals surface area contributed by atoms with Gasteiger partial charge in [-0.05, 0) is 56.0 Å². The molecule has 186 valence electrons. The fraction of sp³-hybridized carbons (Fsp3) is 0.478. The summed E-state index contributed by atoms with van der Waals surface area (Å²) in [4.78, 5) is 16.5. The fourth-order valence-electron chi connectivity index (χ4n) is 3.87. The first kappa shape index (κ1) is 26.0. The number of nitrogens with one attached hydrogen (secondary N) is 1. The van der Waals surface area contributed by atoms with E-state index < -0.39 is 21.8 Å². The van der Waals surface area contributed by atoms with Crippen molar-refractivity contribution < 1.29 is 31.1 Å². The van der Waals surface area contributed by atoms with E-state index in [4.69, 9.17) is 4.74 Å². The molecule has 1 amide bonds. The molecular weight excluding hydrogens is 471 g/mol. The molecular formula is C23H28F3N3O4S. The lowest BCUT2D eigenvalue weighted by Gasteiger charge is -2.29. The summed E-state index contributed by atoms with van der Waals surface area (Å²) >= 11 is 0. The highest BCUT2D eigenvalue weighted by Crippen LogP contribution is 2.30. The van der Waals surface area contributed by atoms with Crippen molar-refractivity contribution in [2.45, 2.75) is 62.7 Å². The Kier molecular flexibility index (Phi) is 8.19. The van der Waals surface area contributed by atoms with E-state index in [2.05, 4.69) is 10.3 Å². The Hall–Kier alpha value is -2.66. The maximum Gasteiger partial charge on any atom is 0.417 e. The van der Waals surface area contributed by atoms with E-state index in [0.717, 1.165) is 12.3 Å². The van der Waals surface area contributed by atoms with Crippen LogP contribution < -0.4 is 10.1 Å². The highest BCUT2D eigenvalue weighted by molar-refractivity contribution is 7.89. The number of carbonyl (C=O) groups is 1. The third kappa shape index (κ3) is 6.26. The van der Waals surface area contributed by atoms with Crippen LogP contribution in [0, 0.1) is 0 Å². The number of sulfonamides is 1. The second-order valence-electron chi connectivity index (χ2n) is 8.06. The number of nitrogens with zero attached hydrogens (tertiary/aromatic N) is 2. The number of rotatable bonds is 8. The van der Waals surface area contributed by atoms with E-state index in [-0.39, 0.29) is 28.8 Å². The molecule has 1 aromatic carbocycles. The molecule has 1 saturated carbocycles. The number of hydrogen-bond donors (Lipinski definition) is 1. The van der Waals surface area contributed by atoms with Crippen LogP contribution >= 0.6 is 0 Å². The summed E-state index contributed by atoms with van der Waals surface area (Å²) < 4.78 is 70.1. The van der Waals surface area contributed by atoms with E-state index in [9.17, 15) is 26.4 Å². The van der Waals surface area contributed by atoms with Crippen molar-refractivity contribution in [2.75, 3.05) is 13.1 Å². The summed E-state index contributed by atoms with van der Waals surface area (Å²) in [5.41, 5.74) is -0.462. The molecule has 1 N–H and O–H groups in total. The molecule has 0 spiro atoms. The zero-order valence-electron chi connectivity index (χ0n) is 19.0. The van der Waals surface area contributed by atoms with Crippen molar-refractivity contribution in [3.05, 3.63) is 53.7 Å². The van der Waals surface area contributed by atoms with Crippen molar-refractivity contribution in [3.63, 3.8) is 0 Å². The number of halogens is 3. The lowest BCUT2D eigenvalue weighted by Crippen LogP contribution is -2.39. The molecule has 1 aliphatic rings. The Labute approximate surface area is 197 Å². The number of carbonyl (C=O) groups excluding carboxylic acids is 1. The number of ether oxygens (including phenoxy) is 1. The van der Waals surface area contributed by atoms with Gasteiger partial charge in [0.05, 0.1) is 10.5 Å². The van der Waals surface area contributed by atoms with Crippen LogP contribution in [0.4, 0.5) is 13.2 Å². The fourth-order valence-corrected chi connectivity index (χ4v) is 5.33. The maximum absolute atomic E-state index is 12.6. The van der Waals surface area contributed by atoms with E-state index in [0.29, 0.717) is 44.3 Å². The van der Waals surface area contributed by atoms with Gasteiger partial charge in [0.25, 0.3) is 5.91 Å². The molecule has 0 unspecified atom stereocenters. The highest BCUT2D eigenvalue weighted by atomic mass is 32.2. The molecule has 3 rings (SSSR count). The van der Waals surface area contributed by atoms with Crippen LogP contribution in [0.1, 0.15) is 55.5 Å². The van der Waals surface area contributed by atoms with E-state index >= 15 is 0 Å². The second-order valence-corrected chi connectivity index (χ2v) is 10.00. The minimum atomic E-state index is -4.44. The topological polar surface area (TPSA) is 88.6 Å². The van der Waals surface area contributed by atoms with Crippen LogP contribution in [-0.4, -0.2) is 48.8 Å². The highest BCUT2D eigenvalue weighted by Gasteiger charge is 2.31. The molecule has 1 aromatic heterocycles. The Balaban J connectivity index is 1.51. The number of pyridine rings is 1. The molecule has 0 saturated heterocycles. The Morgan fingerprint density at radius 3 is 2.18 bits per heavy atom. The molecule has 0 atom stereocenters. The third-order valence-electron chi connectivity index (χ3n) is 5.82. The first-order valence-corrected chi connectivity index (χ1v) is 12.6. The number of benzene rings is 1. The van der Waals surface area contributed by atoms with Gasteiger partial charge in [-0.25, -0.2) is 13.4 Å². The largest absolute Gasteiger partial charge is 0.474 e. The van der Waals surface area contributed by atoms with Gasteiger partial charge in [-0.15, -0.1) is 0 Å². The summed E-state index contributed by atoms with van der Waals surface area (Å²) in [6.45, 7) is 4.26. The quantitative estimate of drug-likeness (QED) is 0.587. The Morgan fingerprint density at radius 1 is 1.06 bits per heavy atom. The van der Waals surface area contributed by atoms with Gasteiger partial charge < -0.3 is 10.1 Å². The summed E-state index contributed by atoms with van der Waals surface area (Å²) in [7, 11) is -3.59. The zero-order valence-corrected chi connectivity index (χ0v) is 19.8. The van der Waals surface area contributed by atoms with Crippen LogP contribution in [0.25, 0.3) is 0 Å². The molecule has 0 radical (unpaired) electrons. The standard InChI is InChI=1S/C23H28F3N3O4S/c1-3-29(4-2)34(31,32)20-12-5-16(6-13-20)22(30)28-18-8-10-19(11-9-18)33-21-14-7-17(15-27-21)23(24,25)26/h5-7,12-15,18-19H,3-4,8-11H2,1-2H3,(H,28,30). The number of hydrogen-bond acceptors (Lipinski definition) is 5. The van der Waals surface area contributed by atoms with Crippen molar-refractivity contribution in [2.24, 2.45) is 0 Å². The van der Waals surface area contributed by atoms with E-state index in [1.54, 1.807) is 13.8 Å². The molecule has 34 heavy (non-hydrogen) atoms. The molecule has 1 aliphatic carbocycles. The van der Waals surface area contributed by atoms with Crippen molar-refractivity contribution in [1.82, 2.24) is 14.6 Å². The van der Waals surface area contributed by atoms with Gasteiger partial charge in [-0.2, -0.15) is 17.5 Å². The molecule has 11 heteroatoms. The lowest BCUT2D eigenvalue weighted by atomic mass is 9.92. The van der Waals surface area contributed by atoms with Crippen LogP contribution in [0.3, 0.4) is 0 Å². The van der Waals surface area contributed by atoms with Crippen LogP contribution in [-0.2, 0) is 16.2 Å².